The molecule has 1 aromatic carbocycles. The molecule has 0 saturated heterocycles. The highest BCUT2D eigenvalue weighted by Crippen LogP contribution is 2.16. The number of hydrogen-bond acceptors (Lipinski definition) is 2. The van der Waals surface area contributed by atoms with Crippen molar-refractivity contribution in [3.63, 3.8) is 0 Å². The normalized spacial score (nSPS) is 9.90. The maximum atomic E-state index is 12.4. The Labute approximate surface area is 119 Å². The van der Waals surface area contributed by atoms with Crippen LogP contribution in [0.4, 0.5) is 10.5 Å². The Bertz CT molecular complexity index is 482. The Morgan fingerprint density at radius 2 is 1.90 bits per heavy atom. The minimum absolute atomic E-state index is 0.202. The molecule has 0 bridgehead atoms. The zero-order chi connectivity index (χ0) is 15.1. The van der Waals surface area contributed by atoms with Crippen molar-refractivity contribution in [3.8, 4) is 0 Å². The van der Waals surface area contributed by atoms with E-state index < -0.39 is 5.97 Å². The van der Waals surface area contributed by atoms with Crippen LogP contribution >= 0.6 is 0 Å². The lowest BCUT2D eigenvalue weighted by atomic mass is 10.2. The summed E-state index contributed by atoms with van der Waals surface area (Å²) in [5, 5.41) is 8.87. The summed E-state index contributed by atoms with van der Waals surface area (Å²) >= 11 is 0. The Kier molecular flexibility index (Phi) is 5.77. The summed E-state index contributed by atoms with van der Waals surface area (Å²) in [5.41, 5.74) is 1.85. The average Bonchev–Trinajstić information content (AvgIpc) is 2.40. The first-order valence-electron chi connectivity index (χ1n) is 6.45. The molecule has 108 valence electrons. The molecule has 0 unspecified atom stereocenters. The Hall–Kier alpha value is -2.30. The highest BCUT2D eigenvalue weighted by atomic mass is 16.4. The zero-order valence-electron chi connectivity index (χ0n) is 11.9. The van der Waals surface area contributed by atoms with Crippen LogP contribution in [0.3, 0.4) is 0 Å². The van der Waals surface area contributed by atoms with E-state index in [-0.39, 0.29) is 19.1 Å². The standard InChI is InChI=1S/C15H20N2O3/c1-4-10-16(11-14(18)19)15(20)17(5-2)13-8-6-12(3)7-9-13/h4,6-9H,1,5,10-11H2,2-3H3,(H,18,19). The van der Waals surface area contributed by atoms with Gasteiger partial charge in [-0.1, -0.05) is 23.8 Å². The monoisotopic (exact) mass is 276 g/mol. The number of benzene rings is 1. The summed E-state index contributed by atoms with van der Waals surface area (Å²) in [5.74, 6) is -1.04. The summed E-state index contributed by atoms with van der Waals surface area (Å²) in [4.78, 5) is 26.1. The van der Waals surface area contributed by atoms with Crippen LogP contribution in [0.5, 0.6) is 0 Å². The average molecular weight is 276 g/mol. The highest BCUT2D eigenvalue weighted by Gasteiger charge is 2.22. The van der Waals surface area contributed by atoms with E-state index in [1.165, 1.54) is 11.0 Å². The van der Waals surface area contributed by atoms with Crippen molar-refractivity contribution in [2.24, 2.45) is 0 Å². The van der Waals surface area contributed by atoms with Crippen LogP contribution in [0.15, 0.2) is 36.9 Å². The first kappa shape index (κ1) is 15.8. The number of amides is 2. The van der Waals surface area contributed by atoms with Crippen molar-refractivity contribution in [1.29, 1.82) is 0 Å². The smallest absolute Gasteiger partial charge is 0.325 e. The van der Waals surface area contributed by atoms with Gasteiger partial charge in [0.05, 0.1) is 0 Å². The van der Waals surface area contributed by atoms with Crippen LogP contribution in [0.25, 0.3) is 0 Å². The molecular weight excluding hydrogens is 256 g/mol. The van der Waals surface area contributed by atoms with Crippen molar-refractivity contribution in [2.75, 3.05) is 24.5 Å². The number of aryl methyl sites for hydroxylation is 1. The third-order valence-electron chi connectivity index (χ3n) is 2.84. The Morgan fingerprint density at radius 1 is 1.30 bits per heavy atom. The quantitative estimate of drug-likeness (QED) is 0.812. The number of urea groups is 1. The lowest BCUT2D eigenvalue weighted by Crippen LogP contribution is -2.45. The van der Waals surface area contributed by atoms with Gasteiger partial charge in [-0.15, -0.1) is 6.58 Å². The van der Waals surface area contributed by atoms with E-state index in [1.54, 1.807) is 4.90 Å². The fourth-order valence-electron chi connectivity index (χ4n) is 1.85. The Morgan fingerprint density at radius 3 is 2.35 bits per heavy atom. The molecule has 0 fully saturated rings. The minimum atomic E-state index is -1.04. The number of aliphatic carboxylic acids is 1. The van der Waals surface area contributed by atoms with Gasteiger partial charge in [-0.25, -0.2) is 4.79 Å². The third kappa shape index (κ3) is 4.12. The van der Waals surface area contributed by atoms with Gasteiger partial charge in [-0.05, 0) is 26.0 Å². The largest absolute Gasteiger partial charge is 0.480 e. The molecule has 2 amide bonds. The molecule has 1 rings (SSSR count). The van der Waals surface area contributed by atoms with Crippen molar-refractivity contribution in [2.45, 2.75) is 13.8 Å². The Balaban J connectivity index is 2.96. The SMILES string of the molecule is C=CCN(CC(=O)O)C(=O)N(CC)c1ccc(C)cc1. The molecule has 5 nitrogen and oxygen atoms in total. The topological polar surface area (TPSA) is 60.9 Å². The summed E-state index contributed by atoms with van der Waals surface area (Å²) in [6.07, 6.45) is 1.52. The van der Waals surface area contributed by atoms with Crippen LogP contribution in [0.2, 0.25) is 0 Å². The van der Waals surface area contributed by atoms with Gasteiger partial charge >= 0.3 is 12.0 Å². The van der Waals surface area contributed by atoms with E-state index >= 15 is 0 Å². The van der Waals surface area contributed by atoms with Gasteiger partial charge < -0.3 is 10.0 Å². The van der Waals surface area contributed by atoms with Crippen LogP contribution in [-0.4, -0.2) is 41.6 Å². The fourth-order valence-corrected chi connectivity index (χ4v) is 1.85. The lowest BCUT2D eigenvalue weighted by Gasteiger charge is -2.28. The molecular formula is C15H20N2O3. The van der Waals surface area contributed by atoms with Gasteiger partial charge in [-0.2, -0.15) is 0 Å². The van der Waals surface area contributed by atoms with E-state index in [4.69, 9.17) is 5.11 Å². The molecule has 0 saturated carbocycles. The predicted octanol–water partition coefficient (Wildman–Crippen LogP) is 2.51. The summed E-state index contributed by atoms with van der Waals surface area (Å²) in [7, 11) is 0. The van der Waals surface area contributed by atoms with Crippen LogP contribution in [0, 0.1) is 6.92 Å². The molecule has 0 aliphatic carbocycles. The molecule has 0 heterocycles. The number of carboxylic acid groups (broad SMARTS) is 1. The molecule has 1 aromatic rings. The van der Waals surface area contributed by atoms with Crippen molar-refractivity contribution < 1.29 is 14.7 Å². The van der Waals surface area contributed by atoms with Gasteiger partial charge in [-0.3, -0.25) is 9.69 Å². The predicted molar refractivity (Wildman–Crippen MR) is 79.0 cm³/mol. The maximum absolute atomic E-state index is 12.4. The van der Waals surface area contributed by atoms with Crippen molar-refractivity contribution in [1.82, 2.24) is 4.90 Å². The summed E-state index contributed by atoms with van der Waals surface area (Å²) < 4.78 is 0. The molecule has 0 atom stereocenters. The number of carbonyl (C=O) groups excluding carboxylic acids is 1. The second kappa shape index (κ2) is 7.33. The number of rotatable bonds is 6. The number of hydrogen-bond donors (Lipinski definition) is 1. The fraction of sp³-hybridized carbons (Fsp3) is 0.333. The number of carboxylic acids is 1. The van der Waals surface area contributed by atoms with Gasteiger partial charge in [0.25, 0.3) is 0 Å². The summed E-state index contributed by atoms with van der Waals surface area (Å²) in [6.45, 7) is 7.70. The zero-order valence-corrected chi connectivity index (χ0v) is 11.9. The third-order valence-corrected chi connectivity index (χ3v) is 2.84. The highest BCUT2D eigenvalue weighted by molar-refractivity contribution is 5.93. The second-order valence-electron chi connectivity index (χ2n) is 4.43. The first-order valence-corrected chi connectivity index (χ1v) is 6.45. The second-order valence-corrected chi connectivity index (χ2v) is 4.43. The summed E-state index contributed by atoms with van der Waals surface area (Å²) in [6, 6.07) is 7.20. The van der Waals surface area contributed by atoms with Crippen LogP contribution in [-0.2, 0) is 4.79 Å². The number of anilines is 1. The maximum Gasteiger partial charge on any atom is 0.325 e. The molecule has 0 aliphatic heterocycles. The molecule has 0 spiro atoms. The van der Waals surface area contributed by atoms with Crippen molar-refractivity contribution >= 4 is 17.7 Å². The molecule has 20 heavy (non-hydrogen) atoms. The molecule has 1 N–H and O–H groups in total. The molecule has 0 aliphatic rings. The molecule has 0 radical (unpaired) electrons. The number of nitrogens with zero attached hydrogens (tertiary/aromatic N) is 2. The van der Waals surface area contributed by atoms with Gasteiger partial charge in [0, 0.05) is 18.8 Å². The minimum Gasteiger partial charge on any atom is -0.480 e. The van der Waals surface area contributed by atoms with Crippen LogP contribution in [0.1, 0.15) is 12.5 Å². The molecule has 0 aromatic heterocycles. The lowest BCUT2D eigenvalue weighted by molar-refractivity contribution is -0.137. The number of carbonyl (C=O) groups is 2. The molecule has 5 heteroatoms. The van der Waals surface area contributed by atoms with E-state index in [0.29, 0.717) is 6.54 Å². The van der Waals surface area contributed by atoms with Gasteiger partial charge in [0.15, 0.2) is 0 Å². The van der Waals surface area contributed by atoms with Gasteiger partial charge in [0.1, 0.15) is 6.54 Å². The van der Waals surface area contributed by atoms with E-state index in [2.05, 4.69) is 6.58 Å². The van der Waals surface area contributed by atoms with Crippen LogP contribution < -0.4 is 4.90 Å². The van der Waals surface area contributed by atoms with E-state index in [9.17, 15) is 9.59 Å². The van der Waals surface area contributed by atoms with Crippen molar-refractivity contribution in [3.05, 3.63) is 42.5 Å². The van der Waals surface area contributed by atoms with Gasteiger partial charge in [0.2, 0.25) is 0 Å². The van der Waals surface area contributed by atoms with E-state index in [0.717, 1.165) is 11.3 Å². The first-order chi connectivity index (χ1) is 9.49. The van der Waals surface area contributed by atoms with E-state index in [1.807, 2.05) is 38.1 Å².